The first-order valence-corrected chi connectivity index (χ1v) is 6.67. The van der Waals surface area contributed by atoms with Crippen LogP contribution >= 0.6 is 11.3 Å². The lowest BCUT2D eigenvalue weighted by Gasteiger charge is -2.07. The van der Waals surface area contributed by atoms with Crippen molar-refractivity contribution in [3.05, 3.63) is 57.8 Å². The Kier molecular flexibility index (Phi) is 2.91. The van der Waals surface area contributed by atoms with Crippen LogP contribution in [-0.4, -0.2) is 4.98 Å². The lowest BCUT2D eigenvalue weighted by Crippen LogP contribution is -1.86. The molecule has 0 amide bonds. The number of hydrogen-bond acceptors (Lipinski definition) is 3. The maximum absolute atomic E-state index is 8.69. The highest BCUT2D eigenvalue weighted by Crippen LogP contribution is 2.32. The molecule has 5 heteroatoms. The van der Waals surface area contributed by atoms with E-state index >= 15 is 0 Å². The van der Waals surface area contributed by atoms with Crippen LogP contribution in [0, 0.1) is 6.92 Å². The summed E-state index contributed by atoms with van der Waals surface area (Å²) in [5.41, 5.74) is 10.7. The van der Waals surface area contributed by atoms with E-state index in [1.54, 1.807) is 11.3 Å². The van der Waals surface area contributed by atoms with Gasteiger partial charge in [0.15, 0.2) is 0 Å². The van der Waals surface area contributed by atoms with E-state index in [1.165, 1.54) is 0 Å². The minimum Gasteiger partial charge on any atom is -0.245 e. The molecule has 1 aromatic carbocycles. The molecule has 92 valence electrons. The first kappa shape index (κ1) is 11.7. The first-order chi connectivity index (χ1) is 9.29. The molecule has 0 radical (unpaired) electrons. The molecule has 2 heterocycles. The summed E-state index contributed by atoms with van der Waals surface area (Å²) in [7, 11) is 0. The van der Waals surface area contributed by atoms with Crippen molar-refractivity contribution >= 4 is 27.9 Å². The van der Waals surface area contributed by atoms with Gasteiger partial charge in [-0.2, -0.15) is 0 Å². The second kappa shape index (κ2) is 4.72. The van der Waals surface area contributed by atoms with Crippen LogP contribution in [0.1, 0.15) is 5.56 Å². The number of azide groups is 1. The van der Waals surface area contributed by atoms with Gasteiger partial charge in [0.05, 0.1) is 10.6 Å². The van der Waals surface area contributed by atoms with Gasteiger partial charge in [0, 0.05) is 10.3 Å². The highest BCUT2D eigenvalue weighted by atomic mass is 32.1. The Morgan fingerprint density at radius 1 is 1.21 bits per heavy atom. The van der Waals surface area contributed by atoms with Crippen LogP contribution in [0.5, 0.6) is 0 Å². The summed E-state index contributed by atoms with van der Waals surface area (Å²) in [6.45, 7) is 2.04. The molecule has 19 heavy (non-hydrogen) atoms. The molecule has 0 atom stereocenters. The number of fused-ring (bicyclic) bond motifs is 1. The third-order valence-electron chi connectivity index (χ3n) is 2.99. The molecule has 0 unspecified atom stereocenters. The molecule has 0 aliphatic rings. The van der Waals surface area contributed by atoms with E-state index in [0.29, 0.717) is 5.82 Å². The summed E-state index contributed by atoms with van der Waals surface area (Å²) >= 11 is 1.62. The molecule has 0 saturated heterocycles. The molecule has 0 saturated carbocycles. The van der Waals surface area contributed by atoms with Crippen LogP contribution < -0.4 is 0 Å². The fourth-order valence-corrected chi connectivity index (χ4v) is 2.77. The van der Waals surface area contributed by atoms with E-state index in [9.17, 15) is 0 Å². The van der Waals surface area contributed by atoms with Crippen molar-refractivity contribution in [2.45, 2.75) is 6.92 Å². The Hall–Kier alpha value is -2.36. The Labute approximate surface area is 114 Å². The Balaban J connectivity index is 2.38. The van der Waals surface area contributed by atoms with Gasteiger partial charge in [-0.25, -0.2) is 4.98 Å². The molecule has 0 N–H and O–H groups in total. The van der Waals surface area contributed by atoms with E-state index in [-0.39, 0.29) is 0 Å². The average Bonchev–Trinajstić information content (AvgIpc) is 2.94. The summed E-state index contributed by atoms with van der Waals surface area (Å²) in [6.07, 6.45) is 0. The van der Waals surface area contributed by atoms with Crippen LogP contribution in [-0.2, 0) is 0 Å². The zero-order chi connectivity index (χ0) is 13.2. The van der Waals surface area contributed by atoms with Gasteiger partial charge < -0.3 is 0 Å². The van der Waals surface area contributed by atoms with Crippen molar-refractivity contribution < 1.29 is 0 Å². The molecular weight excluding hydrogens is 256 g/mol. The summed E-state index contributed by atoms with van der Waals surface area (Å²) in [6, 6.07) is 12.0. The quantitative estimate of drug-likeness (QED) is 0.356. The molecule has 4 nitrogen and oxygen atoms in total. The van der Waals surface area contributed by atoms with E-state index in [0.717, 1.165) is 26.9 Å². The van der Waals surface area contributed by atoms with Crippen molar-refractivity contribution in [2.24, 2.45) is 5.11 Å². The number of nitrogens with zero attached hydrogens (tertiary/aromatic N) is 4. The van der Waals surface area contributed by atoms with Gasteiger partial charge >= 0.3 is 0 Å². The molecule has 0 aliphatic heterocycles. The third kappa shape index (κ3) is 2.05. The lowest BCUT2D eigenvalue weighted by atomic mass is 10.1. The van der Waals surface area contributed by atoms with Gasteiger partial charge in [0.1, 0.15) is 5.82 Å². The zero-order valence-electron chi connectivity index (χ0n) is 10.2. The minimum atomic E-state index is 0.437. The van der Waals surface area contributed by atoms with Gasteiger partial charge in [0.2, 0.25) is 0 Å². The second-order valence-electron chi connectivity index (χ2n) is 4.17. The zero-order valence-corrected chi connectivity index (χ0v) is 11.1. The smallest absolute Gasteiger partial charge is 0.135 e. The second-order valence-corrected chi connectivity index (χ2v) is 5.12. The van der Waals surface area contributed by atoms with Gasteiger partial charge in [-0.15, -0.1) is 11.3 Å². The Bertz CT molecular complexity index is 787. The van der Waals surface area contributed by atoms with Gasteiger partial charge in [0.25, 0.3) is 0 Å². The van der Waals surface area contributed by atoms with Crippen LogP contribution in [0.4, 0.5) is 5.82 Å². The number of aromatic nitrogens is 1. The standard InChI is InChI=1S/C14H10N4S/c1-9-4-2-5-10-11(9)8-12(13-6-3-7-19-13)16-14(10)17-18-15/h2-8H,1H3. The average molecular weight is 266 g/mol. The number of aryl methyl sites for hydroxylation is 1. The summed E-state index contributed by atoms with van der Waals surface area (Å²) < 4.78 is 0. The number of hydrogen-bond donors (Lipinski definition) is 0. The SMILES string of the molecule is Cc1cccc2c(N=[N+]=[N-])nc(-c3cccs3)cc12. The Morgan fingerprint density at radius 2 is 2.11 bits per heavy atom. The van der Waals surface area contributed by atoms with Gasteiger partial charge in [-0.3, -0.25) is 0 Å². The molecule has 0 fully saturated rings. The van der Waals surface area contributed by atoms with Crippen molar-refractivity contribution in [3.8, 4) is 10.6 Å². The normalized spacial score (nSPS) is 10.4. The lowest BCUT2D eigenvalue weighted by molar-refractivity contribution is 1.29. The van der Waals surface area contributed by atoms with Crippen molar-refractivity contribution in [2.75, 3.05) is 0 Å². The molecule has 0 bridgehead atoms. The van der Waals surface area contributed by atoms with Crippen molar-refractivity contribution in [1.82, 2.24) is 4.98 Å². The van der Waals surface area contributed by atoms with E-state index in [1.807, 2.05) is 48.7 Å². The van der Waals surface area contributed by atoms with Gasteiger partial charge in [-0.1, -0.05) is 24.3 Å². The highest BCUT2D eigenvalue weighted by molar-refractivity contribution is 7.13. The van der Waals surface area contributed by atoms with Crippen LogP contribution in [0.2, 0.25) is 0 Å². The highest BCUT2D eigenvalue weighted by Gasteiger charge is 2.08. The fraction of sp³-hybridized carbons (Fsp3) is 0.0714. The summed E-state index contributed by atoms with van der Waals surface area (Å²) in [5, 5.41) is 7.69. The molecular formula is C14H10N4S. The minimum absolute atomic E-state index is 0.437. The predicted octanol–water partition coefficient (Wildman–Crippen LogP) is 5.21. The number of thiophene rings is 1. The number of pyridine rings is 1. The molecule has 0 spiro atoms. The van der Waals surface area contributed by atoms with Crippen molar-refractivity contribution in [3.63, 3.8) is 0 Å². The van der Waals surface area contributed by atoms with Crippen molar-refractivity contribution in [1.29, 1.82) is 0 Å². The van der Waals surface area contributed by atoms with E-state index in [2.05, 4.69) is 15.0 Å². The van der Waals surface area contributed by atoms with Crippen LogP contribution in [0.3, 0.4) is 0 Å². The summed E-state index contributed by atoms with van der Waals surface area (Å²) in [4.78, 5) is 8.41. The number of rotatable bonds is 2. The topological polar surface area (TPSA) is 61.7 Å². The fourth-order valence-electron chi connectivity index (χ4n) is 2.08. The van der Waals surface area contributed by atoms with Gasteiger partial charge in [-0.05, 0) is 46.0 Å². The monoisotopic (exact) mass is 266 g/mol. The van der Waals surface area contributed by atoms with Crippen LogP contribution in [0.25, 0.3) is 31.8 Å². The van der Waals surface area contributed by atoms with Crippen LogP contribution in [0.15, 0.2) is 46.9 Å². The maximum atomic E-state index is 8.69. The Morgan fingerprint density at radius 3 is 2.84 bits per heavy atom. The largest absolute Gasteiger partial charge is 0.245 e. The summed E-state index contributed by atoms with van der Waals surface area (Å²) in [5.74, 6) is 0.437. The third-order valence-corrected chi connectivity index (χ3v) is 3.88. The molecule has 0 aliphatic carbocycles. The molecule has 3 rings (SSSR count). The maximum Gasteiger partial charge on any atom is 0.135 e. The molecule has 3 aromatic rings. The van der Waals surface area contributed by atoms with E-state index < -0.39 is 0 Å². The predicted molar refractivity (Wildman–Crippen MR) is 78.6 cm³/mol. The number of benzene rings is 1. The van der Waals surface area contributed by atoms with E-state index in [4.69, 9.17) is 5.53 Å². The molecule has 2 aromatic heterocycles. The first-order valence-electron chi connectivity index (χ1n) is 5.79.